The molecule has 17 heavy (non-hydrogen) atoms. The molecule has 0 atom stereocenters. The molecule has 0 bridgehead atoms. The van der Waals surface area contributed by atoms with Gasteiger partial charge in [-0.15, -0.1) is 10.2 Å². The highest BCUT2D eigenvalue weighted by atomic mass is 32.1. The molecule has 0 unspecified atom stereocenters. The third-order valence-electron chi connectivity index (χ3n) is 2.22. The molecule has 0 spiro atoms. The number of aromatic nitrogens is 2. The predicted octanol–water partition coefficient (Wildman–Crippen LogP) is 1.85. The first-order valence-corrected chi connectivity index (χ1v) is 5.92. The Morgan fingerprint density at radius 2 is 2.24 bits per heavy atom. The van der Waals surface area contributed by atoms with Gasteiger partial charge in [0, 0.05) is 12.0 Å². The summed E-state index contributed by atoms with van der Waals surface area (Å²) in [7, 11) is 1.43. The zero-order valence-corrected chi connectivity index (χ0v) is 10.1. The average Bonchev–Trinajstić information content (AvgIpc) is 2.78. The maximum absolute atomic E-state index is 13.5. The molecule has 0 aliphatic heterocycles. The lowest BCUT2D eigenvalue weighted by Gasteiger charge is -2.02. The zero-order chi connectivity index (χ0) is 12.3. The van der Waals surface area contributed by atoms with E-state index in [1.807, 2.05) is 0 Å². The number of nitrogens with zero attached hydrogens (tertiary/aromatic N) is 2. The molecule has 0 aliphatic carbocycles. The fourth-order valence-corrected chi connectivity index (χ4v) is 2.25. The van der Waals surface area contributed by atoms with Gasteiger partial charge in [-0.25, -0.2) is 4.39 Å². The van der Waals surface area contributed by atoms with E-state index in [2.05, 4.69) is 10.2 Å². The van der Waals surface area contributed by atoms with Crippen molar-refractivity contribution in [3.63, 3.8) is 0 Å². The quantitative estimate of drug-likeness (QED) is 0.903. The molecule has 0 fully saturated rings. The van der Waals surface area contributed by atoms with Crippen LogP contribution in [-0.4, -0.2) is 23.9 Å². The first-order valence-electron chi connectivity index (χ1n) is 5.11. The normalized spacial score (nSPS) is 10.5. The van der Waals surface area contributed by atoms with Gasteiger partial charge in [-0.3, -0.25) is 0 Å². The lowest BCUT2D eigenvalue weighted by Crippen LogP contribution is -2.01. The monoisotopic (exact) mass is 253 g/mol. The number of hydrogen-bond donors (Lipinski definition) is 1. The van der Waals surface area contributed by atoms with E-state index < -0.39 is 5.82 Å². The van der Waals surface area contributed by atoms with E-state index in [0.717, 1.165) is 5.01 Å². The van der Waals surface area contributed by atoms with Gasteiger partial charge in [0.2, 0.25) is 0 Å². The van der Waals surface area contributed by atoms with Crippen molar-refractivity contribution in [2.24, 2.45) is 5.73 Å². The van der Waals surface area contributed by atoms with E-state index in [0.29, 0.717) is 23.5 Å². The van der Waals surface area contributed by atoms with Crippen LogP contribution in [0.2, 0.25) is 0 Å². The molecule has 1 heterocycles. The molecule has 2 aromatic rings. The summed E-state index contributed by atoms with van der Waals surface area (Å²) in [5.74, 6) is -0.180. The van der Waals surface area contributed by atoms with Gasteiger partial charge in [0.1, 0.15) is 10.0 Å². The van der Waals surface area contributed by atoms with Crippen LogP contribution in [0.4, 0.5) is 4.39 Å². The van der Waals surface area contributed by atoms with Crippen LogP contribution in [0.15, 0.2) is 18.2 Å². The zero-order valence-electron chi connectivity index (χ0n) is 9.31. The third kappa shape index (κ3) is 2.59. The van der Waals surface area contributed by atoms with Crippen molar-refractivity contribution in [1.82, 2.24) is 10.2 Å². The number of benzene rings is 1. The summed E-state index contributed by atoms with van der Waals surface area (Å²) in [6, 6.07) is 4.73. The largest absolute Gasteiger partial charge is 0.494 e. The van der Waals surface area contributed by atoms with Gasteiger partial charge in [0.05, 0.1) is 7.11 Å². The summed E-state index contributed by atoms with van der Waals surface area (Å²) in [6.45, 7) is 0.533. The van der Waals surface area contributed by atoms with E-state index in [4.69, 9.17) is 10.5 Å². The molecule has 0 saturated heterocycles. The molecule has 6 heteroatoms. The SMILES string of the molecule is COc1ccc(-c2nnc(CCN)s2)cc1F. The molecule has 90 valence electrons. The molecule has 1 aromatic heterocycles. The maximum Gasteiger partial charge on any atom is 0.165 e. The number of rotatable bonds is 4. The summed E-state index contributed by atoms with van der Waals surface area (Å²) in [5, 5.41) is 9.55. The number of nitrogens with two attached hydrogens (primary N) is 1. The van der Waals surface area contributed by atoms with E-state index in [9.17, 15) is 4.39 Å². The molecular formula is C11H12FN3OS. The maximum atomic E-state index is 13.5. The molecule has 0 saturated carbocycles. The molecule has 1 aromatic carbocycles. The first kappa shape index (κ1) is 11.9. The van der Waals surface area contributed by atoms with Gasteiger partial charge in [0.15, 0.2) is 11.6 Å². The second-order valence-electron chi connectivity index (χ2n) is 3.39. The number of halogens is 1. The lowest BCUT2D eigenvalue weighted by molar-refractivity contribution is 0.386. The van der Waals surface area contributed by atoms with Crippen LogP contribution >= 0.6 is 11.3 Å². The van der Waals surface area contributed by atoms with Gasteiger partial charge in [-0.1, -0.05) is 11.3 Å². The van der Waals surface area contributed by atoms with Crippen LogP contribution in [0.1, 0.15) is 5.01 Å². The fraction of sp³-hybridized carbons (Fsp3) is 0.273. The van der Waals surface area contributed by atoms with Gasteiger partial charge in [-0.2, -0.15) is 0 Å². The molecule has 2 N–H and O–H groups in total. The number of methoxy groups -OCH3 is 1. The fourth-order valence-electron chi connectivity index (χ4n) is 1.39. The van der Waals surface area contributed by atoms with E-state index >= 15 is 0 Å². The summed E-state index contributed by atoms with van der Waals surface area (Å²) in [6.07, 6.45) is 0.691. The molecular weight excluding hydrogens is 241 g/mol. The van der Waals surface area contributed by atoms with E-state index in [1.54, 1.807) is 12.1 Å². The van der Waals surface area contributed by atoms with Crippen molar-refractivity contribution in [3.8, 4) is 16.3 Å². The standard InChI is InChI=1S/C11H12FN3OS/c1-16-9-3-2-7(6-8(9)12)11-15-14-10(17-11)4-5-13/h2-3,6H,4-5,13H2,1H3. The minimum Gasteiger partial charge on any atom is -0.494 e. The number of hydrogen-bond acceptors (Lipinski definition) is 5. The van der Waals surface area contributed by atoms with Gasteiger partial charge in [0.25, 0.3) is 0 Å². The first-order chi connectivity index (χ1) is 8.24. The van der Waals surface area contributed by atoms with Crippen LogP contribution in [0, 0.1) is 5.82 Å². The highest BCUT2D eigenvalue weighted by Crippen LogP contribution is 2.27. The van der Waals surface area contributed by atoms with E-state index in [-0.39, 0.29) is 5.75 Å². The van der Waals surface area contributed by atoms with Crippen molar-refractivity contribution >= 4 is 11.3 Å². The van der Waals surface area contributed by atoms with Crippen LogP contribution in [0.25, 0.3) is 10.6 Å². The summed E-state index contributed by atoms with van der Waals surface area (Å²) in [5.41, 5.74) is 6.13. The van der Waals surface area contributed by atoms with Crippen LogP contribution in [0.5, 0.6) is 5.75 Å². The molecule has 0 aliphatic rings. The van der Waals surface area contributed by atoms with Crippen molar-refractivity contribution < 1.29 is 9.13 Å². The minimum atomic E-state index is -0.402. The van der Waals surface area contributed by atoms with Crippen LogP contribution in [0.3, 0.4) is 0 Å². The third-order valence-corrected chi connectivity index (χ3v) is 3.26. The molecule has 0 radical (unpaired) electrons. The molecule has 2 rings (SSSR count). The van der Waals surface area contributed by atoms with Crippen LogP contribution in [-0.2, 0) is 6.42 Å². The Balaban J connectivity index is 2.29. The van der Waals surface area contributed by atoms with Crippen molar-refractivity contribution in [2.75, 3.05) is 13.7 Å². The topological polar surface area (TPSA) is 61.0 Å². The highest BCUT2D eigenvalue weighted by molar-refractivity contribution is 7.14. The highest BCUT2D eigenvalue weighted by Gasteiger charge is 2.09. The van der Waals surface area contributed by atoms with Crippen molar-refractivity contribution in [2.45, 2.75) is 6.42 Å². The Morgan fingerprint density at radius 1 is 1.41 bits per heavy atom. The Hall–Kier alpha value is -1.53. The number of ether oxygens (including phenoxy) is 1. The Morgan fingerprint density at radius 3 is 2.88 bits per heavy atom. The summed E-state index contributed by atoms with van der Waals surface area (Å²) < 4.78 is 18.4. The second-order valence-corrected chi connectivity index (χ2v) is 4.45. The Kier molecular flexibility index (Phi) is 3.65. The van der Waals surface area contributed by atoms with Gasteiger partial charge in [-0.05, 0) is 24.7 Å². The van der Waals surface area contributed by atoms with E-state index in [1.165, 1.54) is 24.5 Å². The second kappa shape index (κ2) is 5.20. The molecule has 4 nitrogen and oxygen atoms in total. The average molecular weight is 253 g/mol. The van der Waals surface area contributed by atoms with Crippen molar-refractivity contribution in [1.29, 1.82) is 0 Å². The van der Waals surface area contributed by atoms with Crippen molar-refractivity contribution in [3.05, 3.63) is 29.0 Å². The summed E-state index contributed by atoms with van der Waals surface area (Å²) in [4.78, 5) is 0. The van der Waals surface area contributed by atoms with Gasteiger partial charge < -0.3 is 10.5 Å². The predicted molar refractivity (Wildman–Crippen MR) is 64.6 cm³/mol. The summed E-state index contributed by atoms with van der Waals surface area (Å²) >= 11 is 1.42. The van der Waals surface area contributed by atoms with Gasteiger partial charge >= 0.3 is 0 Å². The Labute approximate surface area is 102 Å². The van der Waals surface area contributed by atoms with Crippen LogP contribution < -0.4 is 10.5 Å². The Bertz CT molecular complexity index is 515. The molecule has 0 amide bonds. The minimum absolute atomic E-state index is 0.223. The smallest absolute Gasteiger partial charge is 0.165 e. The lowest BCUT2D eigenvalue weighted by atomic mass is 10.2.